The minimum absolute atomic E-state index is 0.0201. The van der Waals surface area contributed by atoms with Gasteiger partial charge in [-0.15, -0.1) is 0 Å². The van der Waals surface area contributed by atoms with Crippen molar-refractivity contribution < 1.29 is 28.9 Å². The lowest BCUT2D eigenvalue weighted by atomic mass is 9.98. The minimum Gasteiger partial charge on any atom is -0.481 e. The predicted octanol–water partition coefficient (Wildman–Crippen LogP) is 4.03. The van der Waals surface area contributed by atoms with Crippen molar-refractivity contribution in [3.05, 3.63) is 81.7 Å². The van der Waals surface area contributed by atoms with Crippen molar-refractivity contribution in [2.75, 3.05) is 33.7 Å². The lowest BCUT2D eigenvalue weighted by Crippen LogP contribution is -2.34. The number of carbonyl (C=O) groups is 2. The molecule has 1 heterocycles. The van der Waals surface area contributed by atoms with E-state index >= 15 is 0 Å². The molecule has 1 amide bonds. The maximum atomic E-state index is 12.7. The number of rotatable bonds is 13. The fourth-order valence-corrected chi connectivity index (χ4v) is 3.89. The van der Waals surface area contributed by atoms with Crippen LogP contribution in [0.4, 0.5) is 0 Å². The topological polar surface area (TPSA) is 107 Å². The Morgan fingerprint density at radius 3 is 2.57 bits per heavy atom. The first-order valence-corrected chi connectivity index (χ1v) is 12.0. The molecule has 184 valence electrons. The second-order valence-corrected chi connectivity index (χ2v) is 8.93. The lowest BCUT2D eigenvalue weighted by molar-refractivity contribution is -0.141. The van der Waals surface area contributed by atoms with E-state index in [1.165, 1.54) is 0 Å². The van der Waals surface area contributed by atoms with Gasteiger partial charge in [-0.3, -0.25) is 14.6 Å². The Kier molecular flexibility index (Phi) is 10.5. The minimum atomic E-state index is -1.00. The van der Waals surface area contributed by atoms with Gasteiger partial charge in [-0.25, -0.2) is 0 Å². The van der Waals surface area contributed by atoms with Gasteiger partial charge in [-0.2, -0.15) is 0 Å². The number of carbonyl (C=O) groups excluding carboxylic acids is 1. The van der Waals surface area contributed by atoms with Crippen molar-refractivity contribution in [1.29, 1.82) is 0 Å². The van der Waals surface area contributed by atoms with Crippen molar-refractivity contribution in [2.45, 2.75) is 6.42 Å². The maximum absolute atomic E-state index is 12.7. The van der Waals surface area contributed by atoms with Gasteiger partial charge in [0.05, 0.1) is 19.1 Å². The number of aliphatic carboxylic acids is 1. The zero-order valence-corrected chi connectivity index (χ0v) is 21.4. The number of carboxylic acids is 1. The molecule has 0 aliphatic heterocycles. The zero-order chi connectivity index (χ0) is 25.0. The Balaban J connectivity index is 1.61. The first-order chi connectivity index (χ1) is 17.0. The average Bonchev–Trinajstić information content (AvgIpc) is 2.87. The van der Waals surface area contributed by atoms with E-state index in [1.54, 1.807) is 37.7 Å². The molecule has 0 spiro atoms. The van der Waals surface area contributed by atoms with Gasteiger partial charge >= 0.3 is 5.97 Å². The van der Waals surface area contributed by atoms with Crippen molar-refractivity contribution in [1.82, 2.24) is 10.3 Å². The Bertz CT molecular complexity index is 1110. The number of nitrogens with zero attached hydrogens (tertiary/aromatic N) is 1. The van der Waals surface area contributed by atoms with E-state index < -0.39 is 11.9 Å². The van der Waals surface area contributed by atoms with E-state index in [0.29, 0.717) is 24.5 Å². The van der Waals surface area contributed by atoms with E-state index in [-0.39, 0.29) is 25.7 Å². The van der Waals surface area contributed by atoms with Crippen LogP contribution in [0.5, 0.6) is 5.75 Å². The predicted molar refractivity (Wildman–Crippen MR) is 139 cm³/mol. The largest absolute Gasteiger partial charge is 0.481 e. The third-order valence-electron chi connectivity index (χ3n) is 5.22. The highest BCUT2D eigenvalue weighted by Gasteiger charge is 2.22. The highest BCUT2D eigenvalue weighted by Crippen LogP contribution is 2.25. The number of benzene rings is 2. The molecule has 1 atom stereocenters. The van der Waals surface area contributed by atoms with Gasteiger partial charge in [0.2, 0.25) is 0 Å². The Morgan fingerprint density at radius 1 is 1.09 bits per heavy atom. The number of halogens is 1. The lowest BCUT2D eigenvalue weighted by Gasteiger charge is -2.17. The third-order valence-corrected chi connectivity index (χ3v) is 5.89. The highest BCUT2D eigenvalue weighted by atomic mass is 127. The summed E-state index contributed by atoms with van der Waals surface area (Å²) in [6.45, 7) is 0.854. The average molecular weight is 590 g/mol. The second kappa shape index (κ2) is 13.8. The molecule has 0 fully saturated rings. The van der Waals surface area contributed by atoms with Gasteiger partial charge < -0.3 is 24.6 Å². The van der Waals surface area contributed by atoms with Crippen LogP contribution >= 0.6 is 22.6 Å². The standard InChI is InChI=1S/C26H27IN2O6/c1-33-11-12-34-17-35-24-9-8-23(27)14-21(24)13-22(26(31)32)16-29-25(30)19-6-4-18(5-7-19)20-3-2-10-28-15-20/h2-10,14-15,22H,11-13,16-17H2,1H3,(H,29,30)(H,31,32). The van der Waals surface area contributed by atoms with Crippen LogP contribution in [0, 0.1) is 9.49 Å². The molecule has 0 saturated carbocycles. The summed E-state index contributed by atoms with van der Waals surface area (Å²) in [5, 5.41) is 12.5. The molecule has 3 rings (SSSR count). The molecule has 1 aromatic heterocycles. The van der Waals surface area contributed by atoms with E-state index in [0.717, 1.165) is 20.3 Å². The molecule has 0 saturated heterocycles. The molecular formula is C26H27IN2O6. The summed E-state index contributed by atoms with van der Waals surface area (Å²) in [5.74, 6) is -1.62. The summed E-state index contributed by atoms with van der Waals surface area (Å²) < 4.78 is 16.9. The van der Waals surface area contributed by atoms with Gasteiger partial charge in [0.1, 0.15) is 5.75 Å². The first-order valence-electron chi connectivity index (χ1n) is 11.0. The summed E-state index contributed by atoms with van der Waals surface area (Å²) in [5.41, 5.74) is 3.07. The first kappa shape index (κ1) is 26.6. The third kappa shape index (κ3) is 8.30. The number of hydrogen-bond acceptors (Lipinski definition) is 6. The Morgan fingerprint density at radius 2 is 1.89 bits per heavy atom. The normalized spacial score (nSPS) is 11.6. The van der Waals surface area contributed by atoms with E-state index in [9.17, 15) is 14.7 Å². The van der Waals surface area contributed by atoms with Crippen LogP contribution in [-0.2, 0) is 20.7 Å². The molecule has 0 bridgehead atoms. The number of nitrogens with one attached hydrogen (secondary N) is 1. The number of pyridine rings is 1. The van der Waals surface area contributed by atoms with Crippen LogP contribution in [0.1, 0.15) is 15.9 Å². The SMILES string of the molecule is COCCOCOc1ccc(I)cc1CC(CNC(=O)c1ccc(-c2cccnc2)cc1)C(=O)O. The van der Waals surface area contributed by atoms with Crippen molar-refractivity contribution in [3.63, 3.8) is 0 Å². The van der Waals surface area contributed by atoms with Crippen molar-refractivity contribution >= 4 is 34.5 Å². The summed E-state index contributed by atoms with van der Waals surface area (Å²) in [6, 6.07) is 16.4. The quantitative estimate of drug-likeness (QED) is 0.176. The smallest absolute Gasteiger partial charge is 0.308 e. The molecule has 1 unspecified atom stereocenters. The monoisotopic (exact) mass is 590 g/mol. The van der Waals surface area contributed by atoms with Crippen LogP contribution in [0.2, 0.25) is 0 Å². The van der Waals surface area contributed by atoms with Crippen molar-refractivity contribution in [2.24, 2.45) is 5.92 Å². The molecule has 2 N–H and O–H groups in total. The van der Waals surface area contributed by atoms with Gasteiger partial charge in [-0.1, -0.05) is 18.2 Å². The number of aromatic nitrogens is 1. The number of methoxy groups -OCH3 is 1. The molecule has 35 heavy (non-hydrogen) atoms. The van der Waals surface area contributed by atoms with Crippen LogP contribution in [0.15, 0.2) is 67.0 Å². The van der Waals surface area contributed by atoms with Crippen molar-refractivity contribution in [3.8, 4) is 16.9 Å². The number of ether oxygens (including phenoxy) is 3. The highest BCUT2D eigenvalue weighted by molar-refractivity contribution is 14.1. The van der Waals surface area contributed by atoms with Gasteiger partial charge in [0, 0.05) is 35.2 Å². The number of amides is 1. The molecule has 9 heteroatoms. The van der Waals surface area contributed by atoms with Crippen LogP contribution in [0.25, 0.3) is 11.1 Å². The van der Waals surface area contributed by atoms with Crippen LogP contribution in [0.3, 0.4) is 0 Å². The fourth-order valence-electron chi connectivity index (χ4n) is 3.33. The summed E-state index contributed by atoms with van der Waals surface area (Å²) >= 11 is 2.16. The molecule has 0 aliphatic rings. The van der Waals surface area contributed by atoms with E-state index in [2.05, 4.69) is 32.9 Å². The number of hydrogen-bond donors (Lipinski definition) is 2. The van der Waals surface area contributed by atoms with Gasteiger partial charge in [0.15, 0.2) is 6.79 Å². The van der Waals surface area contributed by atoms with E-state index in [4.69, 9.17) is 14.2 Å². The summed E-state index contributed by atoms with van der Waals surface area (Å²) in [6.07, 6.45) is 3.65. The summed E-state index contributed by atoms with van der Waals surface area (Å²) in [4.78, 5) is 28.7. The summed E-state index contributed by atoms with van der Waals surface area (Å²) in [7, 11) is 1.59. The maximum Gasteiger partial charge on any atom is 0.308 e. The van der Waals surface area contributed by atoms with Gasteiger partial charge in [0.25, 0.3) is 5.91 Å². The van der Waals surface area contributed by atoms with Crippen LogP contribution in [-0.4, -0.2) is 55.6 Å². The molecule has 0 aliphatic carbocycles. The molecule has 2 aromatic carbocycles. The molecule has 8 nitrogen and oxygen atoms in total. The number of carboxylic acid groups (broad SMARTS) is 1. The van der Waals surface area contributed by atoms with Crippen LogP contribution < -0.4 is 10.1 Å². The molecule has 3 aromatic rings. The Hall–Kier alpha value is -3.02. The van der Waals surface area contributed by atoms with Gasteiger partial charge in [-0.05, 0) is 82.1 Å². The van der Waals surface area contributed by atoms with E-state index in [1.807, 2.05) is 36.4 Å². The molecular weight excluding hydrogens is 563 g/mol. The fraction of sp³-hybridized carbons (Fsp3) is 0.269. The zero-order valence-electron chi connectivity index (χ0n) is 19.3. The second-order valence-electron chi connectivity index (χ2n) is 7.68. The Labute approximate surface area is 217 Å². The molecule has 0 radical (unpaired) electrons.